The maximum atomic E-state index is 13.1. The molecule has 0 bridgehead atoms. The van der Waals surface area contributed by atoms with E-state index >= 15 is 0 Å². The van der Waals surface area contributed by atoms with Crippen LogP contribution >= 0.6 is 11.6 Å². The third kappa shape index (κ3) is 7.59. The summed E-state index contributed by atoms with van der Waals surface area (Å²) in [6, 6.07) is 12.9. The Morgan fingerprint density at radius 1 is 1.10 bits per heavy atom. The van der Waals surface area contributed by atoms with Crippen molar-refractivity contribution < 1.29 is 14.3 Å². The lowest BCUT2D eigenvalue weighted by Gasteiger charge is -2.31. The first-order valence-corrected chi connectivity index (χ1v) is 10.9. The lowest BCUT2D eigenvalue weighted by atomic mass is 10.1. The Balaban J connectivity index is 2.13. The van der Waals surface area contributed by atoms with Gasteiger partial charge < -0.3 is 15.0 Å². The van der Waals surface area contributed by atoms with Gasteiger partial charge in [0.2, 0.25) is 5.91 Å². The van der Waals surface area contributed by atoms with E-state index in [9.17, 15) is 9.59 Å². The number of halogens is 1. The van der Waals surface area contributed by atoms with Gasteiger partial charge in [-0.15, -0.1) is 0 Å². The van der Waals surface area contributed by atoms with Crippen molar-refractivity contribution in [2.45, 2.75) is 59.5 Å². The van der Waals surface area contributed by atoms with Gasteiger partial charge in [0.1, 0.15) is 11.8 Å². The molecule has 0 heterocycles. The van der Waals surface area contributed by atoms with Gasteiger partial charge in [0.15, 0.2) is 6.61 Å². The van der Waals surface area contributed by atoms with E-state index in [4.69, 9.17) is 16.3 Å². The second-order valence-corrected chi connectivity index (χ2v) is 9.28. The van der Waals surface area contributed by atoms with Crippen molar-refractivity contribution in [3.05, 3.63) is 64.2 Å². The van der Waals surface area contributed by atoms with Crippen molar-refractivity contribution in [3.8, 4) is 5.75 Å². The maximum absolute atomic E-state index is 13.1. The third-order valence-corrected chi connectivity index (χ3v) is 5.52. The van der Waals surface area contributed by atoms with Crippen LogP contribution < -0.4 is 10.1 Å². The molecular formula is C25H33ClN2O3. The molecule has 2 amide bonds. The third-order valence-electron chi connectivity index (χ3n) is 4.92. The number of carbonyl (C=O) groups is 2. The van der Waals surface area contributed by atoms with Gasteiger partial charge in [0, 0.05) is 17.1 Å². The largest absolute Gasteiger partial charge is 0.484 e. The summed E-state index contributed by atoms with van der Waals surface area (Å²) in [5, 5.41) is 3.65. The van der Waals surface area contributed by atoms with Crippen LogP contribution in [0.25, 0.3) is 0 Å². The van der Waals surface area contributed by atoms with Gasteiger partial charge >= 0.3 is 0 Å². The Hall–Kier alpha value is -2.53. The van der Waals surface area contributed by atoms with Crippen molar-refractivity contribution in [2.24, 2.45) is 0 Å². The van der Waals surface area contributed by atoms with Crippen molar-refractivity contribution >= 4 is 23.4 Å². The summed E-state index contributed by atoms with van der Waals surface area (Å²) in [5.74, 6) is 0.160. The predicted octanol–water partition coefficient (Wildman–Crippen LogP) is 4.71. The van der Waals surface area contributed by atoms with Gasteiger partial charge in [-0.05, 0) is 76.8 Å². The molecule has 0 fully saturated rings. The second-order valence-electron chi connectivity index (χ2n) is 8.90. The first-order valence-electron chi connectivity index (χ1n) is 10.5. The Morgan fingerprint density at radius 3 is 2.23 bits per heavy atom. The molecule has 0 radical (unpaired) electrons. The molecule has 0 aliphatic carbocycles. The molecule has 31 heavy (non-hydrogen) atoms. The van der Waals surface area contributed by atoms with E-state index in [-0.39, 0.29) is 24.0 Å². The van der Waals surface area contributed by atoms with Crippen LogP contribution in [0.2, 0.25) is 5.02 Å². The van der Waals surface area contributed by atoms with Crippen LogP contribution in [0.3, 0.4) is 0 Å². The topological polar surface area (TPSA) is 58.6 Å². The van der Waals surface area contributed by atoms with Crippen LogP contribution in [0, 0.1) is 13.8 Å². The lowest BCUT2D eigenvalue weighted by molar-refractivity contribution is -0.142. The zero-order valence-corrected chi connectivity index (χ0v) is 20.0. The molecule has 168 valence electrons. The number of ether oxygens (including phenoxy) is 1. The van der Waals surface area contributed by atoms with E-state index in [1.54, 1.807) is 11.8 Å². The van der Waals surface area contributed by atoms with Crippen molar-refractivity contribution in [1.82, 2.24) is 10.2 Å². The molecule has 0 spiro atoms. The molecule has 0 saturated carbocycles. The molecule has 1 atom stereocenters. The number of carbonyl (C=O) groups excluding carboxylic acids is 2. The summed E-state index contributed by atoms with van der Waals surface area (Å²) in [6.07, 6.45) is 0.652. The summed E-state index contributed by atoms with van der Waals surface area (Å²) in [4.78, 5) is 27.4. The quantitative estimate of drug-likeness (QED) is 0.641. The second kappa shape index (κ2) is 10.7. The summed E-state index contributed by atoms with van der Waals surface area (Å²) in [7, 11) is 0. The van der Waals surface area contributed by atoms with Crippen LogP contribution in [0.5, 0.6) is 5.75 Å². The van der Waals surface area contributed by atoms with Crippen molar-refractivity contribution in [3.63, 3.8) is 0 Å². The minimum atomic E-state index is -0.618. The average Bonchev–Trinajstić information content (AvgIpc) is 2.69. The van der Waals surface area contributed by atoms with Gasteiger partial charge in [0.25, 0.3) is 5.91 Å². The predicted molar refractivity (Wildman–Crippen MR) is 126 cm³/mol. The number of nitrogens with zero attached hydrogens (tertiary/aromatic N) is 1. The smallest absolute Gasteiger partial charge is 0.261 e. The normalized spacial score (nSPS) is 12.2. The highest BCUT2D eigenvalue weighted by atomic mass is 35.5. The van der Waals surface area contributed by atoms with E-state index in [1.807, 2.05) is 77.1 Å². The van der Waals surface area contributed by atoms with Gasteiger partial charge in [0.05, 0.1) is 0 Å². The van der Waals surface area contributed by atoms with Gasteiger partial charge in [-0.25, -0.2) is 0 Å². The zero-order valence-electron chi connectivity index (χ0n) is 19.3. The Labute approximate surface area is 190 Å². The molecule has 1 N–H and O–H groups in total. The molecule has 0 aliphatic rings. The van der Waals surface area contributed by atoms with Gasteiger partial charge in [-0.2, -0.15) is 0 Å². The number of benzene rings is 2. The monoisotopic (exact) mass is 444 g/mol. The summed E-state index contributed by atoms with van der Waals surface area (Å²) in [6.45, 7) is 11.6. The number of rotatable bonds is 8. The maximum Gasteiger partial charge on any atom is 0.261 e. The minimum Gasteiger partial charge on any atom is -0.484 e. The molecule has 0 aliphatic heterocycles. The summed E-state index contributed by atoms with van der Waals surface area (Å²) < 4.78 is 5.77. The molecule has 0 aromatic heterocycles. The van der Waals surface area contributed by atoms with Crippen LogP contribution in [-0.2, 0) is 16.0 Å². The average molecular weight is 445 g/mol. The molecule has 2 aromatic carbocycles. The highest BCUT2D eigenvalue weighted by molar-refractivity contribution is 6.32. The van der Waals surface area contributed by atoms with Crippen LogP contribution in [-0.4, -0.2) is 41.4 Å². The Morgan fingerprint density at radius 2 is 1.68 bits per heavy atom. The first-order chi connectivity index (χ1) is 14.5. The van der Waals surface area contributed by atoms with Crippen LogP contribution in [0.4, 0.5) is 0 Å². The van der Waals surface area contributed by atoms with E-state index < -0.39 is 6.04 Å². The van der Waals surface area contributed by atoms with Crippen molar-refractivity contribution in [2.75, 3.05) is 13.2 Å². The number of amides is 2. The SMILES string of the molecule is Cc1cc(OCC(=O)N(CCc2ccccc2)C(C)C(=O)NC(C)(C)C)cc(C)c1Cl. The Bertz CT molecular complexity index is 884. The van der Waals surface area contributed by atoms with Gasteiger partial charge in [-0.1, -0.05) is 41.9 Å². The molecule has 0 saturated heterocycles. The van der Waals surface area contributed by atoms with E-state index in [2.05, 4.69) is 5.32 Å². The molecule has 2 rings (SSSR count). The number of nitrogens with one attached hydrogen (secondary N) is 1. The van der Waals surface area contributed by atoms with Crippen molar-refractivity contribution in [1.29, 1.82) is 0 Å². The molecular weight excluding hydrogens is 412 g/mol. The number of hydrogen-bond donors (Lipinski definition) is 1. The summed E-state index contributed by atoms with van der Waals surface area (Å²) >= 11 is 6.22. The number of hydrogen-bond acceptors (Lipinski definition) is 3. The molecule has 5 nitrogen and oxygen atoms in total. The van der Waals surface area contributed by atoms with Crippen LogP contribution in [0.1, 0.15) is 44.4 Å². The lowest BCUT2D eigenvalue weighted by Crippen LogP contribution is -2.53. The fourth-order valence-electron chi connectivity index (χ4n) is 3.26. The Kier molecular flexibility index (Phi) is 8.52. The number of aryl methyl sites for hydroxylation is 2. The minimum absolute atomic E-state index is 0.150. The highest BCUT2D eigenvalue weighted by Crippen LogP contribution is 2.26. The highest BCUT2D eigenvalue weighted by Gasteiger charge is 2.28. The molecule has 1 unspecified atom stereocenters. The summed E-state index contributed by atoms with van der Waals surface area (Å²) in [5.41, 5.74) is 2.51. The molecule has 2 aromatic rings. The van der Waals surface area contributed by atoms with Crippen LogP contribution in [0.15, 0.2) is 42.5 Å². The van der Waals surface area contributed by atoms with E-state index in [1.165, 1.54) is 0 Å². The zero-order chi connectivity index (χ0) is 23.2. The van der Waals surface area contributed by atoms with E-state index in [0.717, 1.165) is 16.7 Å². The fraction of sp³-hybridized carbons (Fsp3) is 0.440. The van der Waals surface area contributed by atoms with Gasteiger partial charge in [-0.3, -0.25) is 9.59 Å². The first kappa shape index (κ1) is 24.7. The standard InChI is InChI=1S/C25H33ClN2O3/c1-17-14-21(15-18(2)23(17)26)31-16-22(29)28(13-12-20-10-8-7-9-11-20)19(3)24(30)27-25(4,5)6/h7-11,14-15,19H,12-13,16H2,1-6H3,(H,27,30). The molecule has 6 heteroatoms. The fourth-order valence-corrected chi connectivity index (χ4v) is 3.37. The van der Waals surface area contributed by atoms with E-state index in [0.29, 0.717) is 23.7 Å².